The number of ether oxygens (including phenoxy) is 1. The van der Waals surface area contributed by atoms with Crippen molar-refractivity contribution >= 4 is 28.6 Å². The molecule has 4 heteroatoms. The van der Waals surface area contributed by atoms with Crippen LogP contribution in [0.1, 0.15) is 18.4 Å². The second-order valence-corrected chi connectivity index (χ2v) is 6.41. The van der Waals surface area contributed by atoms with Gasteiger partial charge < -0.3 is 9.72 Å². The number of rotatable bonds is 6. The van der Waals surface area contributed by atoms with Crippen molar-refractivity contribution in [3.63, 3.8) is 0 Å². The topological polar surface area (TPSA) is 42.1 Å². The van der Waals surface area contributed by atoms with E-state index in [2.05, 4.69) is 35.3 Å². The van der Waals surface area contributed by atoms with E-state index in [1.165, 1.54) is 23.0 Å². The molecule has 0 saturated heterocycles. The molecule has 1 N–H and O–H groups in total. The third kappa shape index (κ3) is 3.77. The van der Waals surface area contributed by atoms with Gasteiger partial charge in [-0.1, -0.05) is 48.2 Å². The monoisotopic (exact) mass is 325 g/mol. The van der Waals surface area contributed by atoms with Crippen molar-refractivity contribution in [1.82, 2.24) is 4.98 Å². The highest BCUT2D eigenvalue weighted by atomic mass is 32.2. The van der Waals surface area contributed by atoms with E-state index in [0.717, 1.165) is 23.4 Å². The summed E-state index contributed by atoms with van der Waals surface area (Å²) in [7, 11) is 1.44. The molecule has 1 heterocycles. The lowest BCUT2D eigenvalue weighted by atomic mass is 10.1. The molecule has 3 rings (SSSR count). The van der Waals surface area contributed by atoms with Crippen LogP contribution in [0, 0.1) is 0 Å². The molecule has 0 unspecified atom stereocenters. The molecule has 0 aliphatic heterocycles. The van der Waals surface area contributed by atoms with Crippen LogP contribution in [0.15, 0.2) is 64.5 Å². The minimum atomic E-state index is -0.151. The summed E-state index contributed by atoms with van der Waals surface area (Å²) in [6, 6.07) is 18.6. The van der Waals surface area contributed by atoms with Gasteiger partial charge in [0.25, 0.3) is 0 Å². The zero-order chi connectivity index (χ0) is 16.1. The summed E-state index contributed by atoms with van der Waals surface area (Å²) < 4.78 is 4.73. The van der Waals surface area contributed by atoms with E-state index in [4.69, 9.17) is 4.74 Å². The van der Waals surface area contributed by atoms with Crippen LogP contribution in [-0.4, -0.2) is 18.1 Å². The maximum Gasteiger partial charge on any atom is 0.305 e. The Morgan fingerprint density at radius 2 is 1.83 bits per heavy atom. The molecule has 2 aromatic carbocycles. The van der Waals surface area contributed by atoms with Gasteiger partial charge in [-0.25, -0.2) is 0 Å². The summed E-state index contributed by atoms with van der Waals surface area (Å²) >= 11 is 1.73. The van der Waals surface area contributed by atoms with Gasteiger partial charge in [0.1, 0.15) is 0 Å². The number of esters is 1. The maximum atomic E-state index is 11.3. The first kappa shape index (κ1) is 15.7. The van der Waals surface area contributed by atoms with Crippen molar-refractivity contribution in [2.75, 3.05) is 7.11 Å². The van der Waals surface area contributed by atoms with Crippen LogP contribution in [0.3, 0.4) is 0 Å². The number of aryl methyl sites for hydroxylation is 1. The molecule has 0 aliphatic carbocycles. The summed E-state index contributed by atoms with van der Waals surface area (Å²) in [5.41, 5.74) is 2.41. The maximum absolute atomic E-state index is 11.3. The quantitative estimate of drug-likeness (QED) is 0.661. The Morgan fingerprint density at radius 1 is 1.09 bits per heavy atom. The van der Waals surface area contributed by atoms with Gasteiger partial charge in [0.15, 0.2) is 0 Å². The molecule has 23 heavy (non-hydrogen) atoms. The van der Waals surface area contributed by atoms with Gasteiger partial charge >= 0.3 is 5.97 Å². The van der Waals surface area contributed by atoms with Crippen molar-refractivity contribution in [3.05, 3.63) is 60.2 Å². The Hall–Kier alpha value is -2.20. The highest BCUT2D eigenvalue weighted by Gasteiger charge is 2.13. The molecule has 0 radical (unpaired) electrons. The summed E-state index contributed by atoms with van der Waals surface area (Å²) in [6.45, 7) is 0. The molecule has 3 aromatic rings. The molecule has 3 nitrogen and oxygen atoms in total. The number of carbonyl (C=O) groups excluding carboxylic acids is 1. The van der Waals surface area contributed by atoms with Crippen LogP contribution in [-0.2, 0) is 16.0 Å². The summed E-state index contributed by atoms with van der Waals surface area (Å²) in [6.07, 6.45) is 2.09. The third-order valence-electron chi connectivity index (χ3n) is 3.77. The second kappa shape index (κ2) is 7.38. The molecule has 0 saturated carbocycles. The Labute approximate surface area is 140 Å². The zero-order valence-electron chi connectivity index (χ0n) is 13.0. The minimum absolute atomic E-state index is 0.151. The number of nitrogens with one attached hydrogen (secondary N) is 1. The molecule has 0 bridgehead atoms. The number of aromatic nitrogens is 1. The molecular weight excluding hydrogens is 306 g/mol. The Morgan fingerprint density at radius 3 is 2.61 bits per heavy atom. The lowest BCUT2D eigenvalue weighted by molar-refractivity contribution is -0.140. The van der Waals surface area contributed by atoms with E-state index in [0.29, 0.717) is 6.42 Å². The van der Waals surface area contributed by atoms with Gasteiger partial charge in [0.2, 0.25) is 0 Å². The Balaban J connectivity index is 1.87. The van der Waals surface area contributed by atoms with Gasteiger partial charge in [-0.05, 0) is 36.6 Å². The predicted molar refractivity (Wildman–Crippen MR) is 93.8 cm³/mol. The zero-order valence-corrected chi connectivity index (χ0v) is 13.9. The SMILES string of the molecule is COC(=O)CCCc1c(Sc2ccccc2)[nH]c2ccccc12. The molecule has 0 aliphatic rings. The second-order valence-electron chi connectivity index (χ2n) is 5.32. The fraction of sp³-hybridized carbons (Fsp3) is 0.211. The van der Waals surface area contributed by atoms with E-state index in [9.17, 15) is 4.79 Å². The van der Waals surface area contributed by atoms with Gasteiger partial charge in [0, 0.05) is 22.2 Å². The number of methoxy groups -OCH3 is 1. The first-order chi connectivity index (χ1) is 11.3. The van der Waals surface area contributed by atoms with Crippen LogP contribution in [0.5, 0.6) is 0 Å². The van der Waals surface area contributed by atoms with Gasteiger partial charge in [-0.2, -0.15) is 0 Å². The number of hydrogen-bond donors (Lipinski definition) is 1. The smallest absolute Gasteiger partial charge is 0.305 e. The average molecular weight is 325 g/mol. The number of benzene rings is 2. The number of aromatic amines is 1. The summed E-state index contributed by atoms with van der Waals surface area (Å²) in [5, 5.41) is 2.39. The van der Waals surface area contributed by atoms with Crippen LogP contribution >= 0.6 is 11.8 Å². The van der Waals surface area contributed by atoms with Crippen molar-refractivity contribution in [2.24, 2.45) is 0 Å². The minimum Gasteiger partial charge on any atom is -0.469 e. The standard InChI is InChI=1S/C19H19NO2S/c1-22-18(21)13-7-11-16-15-10-5-6-12-17(15)20-19(16)23-14-8-3-2-4-9-14/h2-6,8-10,12,20H,7,11,13H2,1H3. The summed E-state index contributed by atoms with van der Waals surface area (Å²) in [5.74, 6) is -0.151. The number of para-hydroxylation sites is 1. The lowest BCUT2D eigenvalue weighted by Gasteiger charge is -2.05. The molecule has 0 spiro atoms. The number of H-pyrrole nitrogens is 1. The Kier molecular flexibility index (Phi) is 5.03. The number of carbonyl (C=O) groups is 1. The normalized spacial score (nSPS) is 10.8. The molecule has 0 fully saturated rings. The van der Waals surface area contributed by atoms with Crippen molar-refractivity contribution in [1.29, 1.82) is 0 Å². The average Bonchev–Trinajstić information content (AvgIpc) is 2.93. The molecule has 0 atom stereocenters. The van der Waals surface area contributed by atoms with E-state index in [1.807, 2.05) is 24.3 Å². The largest absolute Gasteiger partial charge is 0.469 e. The van der Waals surface area contributed by atoms with E-state index in [-0.39, 0.29) is 5.97 Å². The molecule has 0 amide bonds. The number of fused-ring (bicyclic) bond motifs is 1. The highest BCUT2D eigenvalue weighted by molar-refractivity contribution is 7.99. The first-order valence-corrected chi connectivity index (χ1v) is 8.49. The Bertz CT molecular complexity index is 795. The van der Waals surface area contributed by atoms with E-state index >= 15 is 0 Å². The van der Waals surface area contributed by atoms with E-state index in [1.54, 1.807) is 11.8 Å². The van der Waals surface area contributed by atoms with Crippen LogP contribution in [0.4, 0.5) is 0 Å². The van der Waals surface area contributed by atoms with Crippen LogP contribution in [0.2, 0.25) is 0 Å². The number of hydrogen-bond acceptors (Lipinski definition) is 3. The van der Waals surface area contributed by atoms with Crippen LogP contribution < -0.4 is 0 Å². The molecule has 1 aromatic heterocycles. The highest BCUT2D eigenvalue weighted by Crippen LogP contribution is 2.35. The van der Waals surface area contributed by atoms with Gasteiger partial charge in [-0.3, -0.25) is 4.79 Å². The van der Waals surface area contributed by atoms with Crippen molar-refractivity contribution in [2.45, 2.75) is 29.2 Å². The predicted octanol–water partition coefficient (Wildman–Crippen LogP) is 4.81. The first-order valence-electron chi connectivity index (χ1n) is 7.67. The third-order valence-corrected chi connectivity index (χ3v) is 4.83. The van der Waals surface area contributed by atoms with E-state index < -0.39 is 0 Å². The van der Waals surface area contributed by atoms with Gasteiger partial charge in [0.05, 0.1) is 12.1 Å². The lowest BCUT2D eigenvalue weighted by Crippen LogP contribution is -2.00. The van der Waals surface area contributed by atoms with Crippen molar-refractivity contribution < 1.29 is 9.53 Å². The fourth-order valence-electron chi connectivity index (χ4n) is 2.63. The van der Waals surface area contributed by atoms with Crippen molar-refractivity contribution in [3.8, 4) is 0 Å². The van der Waals surface area contributed by atoms with Crippen LogP contribution in [0.25, 0.3) is 10.9 Å². The molecule has 118 valence electrons. The fourth-order valence-corrected chi connectivity index (χ4v) is 3.65. The summed E-state index contributed by atoms with van der Waals surface area (Å²) in [4.78, 5) is 16.1. The molecular formula is C19H19NO2S. The van der Waals surface area contributed by atoms with Gasteiger partial charge in [-0.15, -0.1) is 0 Å².